The Kier molecular flexibility index (Phi) is 3.12. The van der Waals surface area contributed by atoms with E-state index in [9.17, 15) is 14.7 Å². The van der Waals surface area contributed by atoms with Gasteiger partial charge < -0.3 is 20.0 Å². The summed E-state index contributed by atoms with van der Waals surface area (Å²) in [6.07, 6.45) is 3.80. The van der Waals surface area contributed by atoms with E-state index in [4.69, 9.17) is 5.11 Å². The fourth-order valence-electron chi connectivity index (χ4n) is 2.77. The molecule has 0 radical (unpaired) electrons. The van der Waals surface area contributed by atoms with Gasteiger partial charge in [-0.1, -0.05) is 0 Å². The van der Waals surface area contributed by atoms with Crippen molar-refractivity contribution in [2.75, 3.05) is 13.1 Å². The minimum Gasteiger partial charge on any atom is -0.480 e. The van der Waals surface area contributed by atoms with Gasteiger partial charge in [-0.05, 0) is 31.6 Å². The Morgan fingerprint density at radius 2 is 1.89 bits per heavy atom. The minimum absolute atomic E-state index is 0.142. The number of likely N-dealkylation sites (tertiary alicyclic amines) is 1. The number of hydrogen-bond acceptors (Lipinski definition) is 3. The highest BCUT2D eigenvalue weighted by molar-refractivity contribution is 5.84. The van der Waals surface area contributed by atoms with Crippen LogP contribution in [0, 0.1) is 5.92 Å². The molecule has 19 heavy (non-hydrogen) atoms. The smallest absolute Gasteiger partial charge is 0.326 e. The van der Waals surface area contributed by atoms with Gasteiger partial charge in [0.05, 0.1) is 6.10 Å². The van der Waals surface area contributed by atoms with Crippen LogP contribution in [0.3, 0.4) is 0 Å². The van der Waals surface area contributed by atoms with Crippen LogP contribution in [-0.2, 0) is 4.79 Å². The van der Waals surface area contributed by atoms with Crippen molar-refractivity contribution < 1.29 is 19.8 Å². The van der Waals surface area contributed by atoms with Gasteiger partial charge in [0.2, 0.25) is 0 Å². The van der Waals surface area contributed by atoms with E-state index in [0.29, 0.717) is 12.0 Å². The molecular formula is C13H20N2O4. The average Bonchev–Trinajstić information content (AvgIpc) is 3.24. The summed E-state index contributed by atoms with van der Waals surface area (Å²) >= 11 is 0. The first-order chi connectivity index (χ1) is 9.06. The molecule has 3 aliphatic rings. The van der Waals surface area contributed by atoms with E-state index in [2.05, 4.69) is 0 Å². The molecule has 3 fully saturated rings. The predicted octanol–water partition coefficient (Wildman–Crippen LogP) is 0.501. The Balaban J connectivity index is 1.70. The number of carbonyl (C=O) groups is 2. The Morgan fingerprint density at radius 3 is 2.42 bits per heavy atom. The number of hydrogen-bond donors (Lipinski definition) is 2. The van der Waals surface area contributed by atoms with Gasteiger partial charge in [0, 0.05) is 25.6 Å². The summed E-state index contributed by atoms with van der Waals surface area (Å²) in [5.41, 5.74) is 0. The maximum atomic E-state index is 12.5. The van der Waals surface area contributed by atoms with Crippen LogP contribution in [-0.4, -0.2) is 63.3 Å². The zero-order valence-electron chi connectivity index (χ0n) is 10.9. The van der Waals surface area contributed by atoms with Gasteiger partial charge in [0.1, 0.15) is 6.04 Å². The van der Waals surface area contributed by atoms with E-state index < -0.39 is 18.1 Å². The summed E-state index contributed by atoms with van der Waals surface area (Å²) in [7, 11) is 0. The zero-order valence-corrected chi connectivity index (χ0v) is 10.9. The van der Waals surface area contributed by atoms with E-state index in [1.54, 1.807) is 0 Å². The maximum absolute atomic E-state index is 12.5. The molecule has 1 heterocycles. The third kappa shape index (κ3) is 2.68. The second kappa shape index (κ2) is 4.67. The molecule has 2 saturated carbocycles. The number of carboxylic acid groups (broad SMARTS) is 1. The second-order valence-electron chi connectivity index (χ2n) is 6.01. The molecule has 0 unspecified atom stereocenters. The van der Waals surface area contributed by atoms with Gasteiger partial charge in [-0.3, -0.25) is 0 Å². The van der Waals surface area contributed by atoms with Gasteiger partial charge in [-0.25, -0.2) is 9.59 Å². The lowest BCUT2D eigenvalue weighted by atomic mass is 10.2. The first-order valence-corrected chi connectivity index (χ1v) is 7.04. The van der Waals surface area contributed by atoms with Gasteiger partial charge in [-0.15, -0.1) is 0 Å². The van der Waals surface area contributed by atoms with Crippen LogP contribution in [0.1, 0.15) is 32.1 Å². The lowest BCUT2D eigenvalue weighted by Gasteiger charge is -2.30. The third-order valence-electron chi connectivity index (χ3n) is 4.19. The summed E-state index contributed by atoms with van der Waals surface area (Å²) in [5, 5.41) is 18.8. The van der Waals surface area contributed by atoms with E-state index in [1.807, 2.05) is 4.90 Å². The fourth-order valence-corrected chi connectivity index (χ4v) is 2.77. The highest BCUT2D eigenvalue weighted by atomic mass is 16.4. The van der Waals surface area contributed by atoms with Crippen LogP contribution in [0.25, 0.3) is 0 Å². The average molecular weight is 268 g/mol. The Labute approximate surface area is 112 Å². The van der Waals surface area contributed by atoms with Crippen molar-refractivity contribution in [3.8, 4) is 0 Å². The van der Waals surface area contributed by atoms with Crippen LogP contribution in [0.2, 0.25) is 0 Å². The highest BCUT2D eigenvalue weighted by Crippen LogP contribution is 2.36. The van der Waals surface area contributed by atoms with Crippen LogP contribution in [0.4, 0.5) is 4.79 Å². The van der Waals surface area contributed by atoms with Crippen LogP contribution in [0.15, 0.2) is 0 Å². The lowest BCUT2D eigenvalue weighted by Crippen LogP contribution is -2.49. The van der Waals surface area contributed by atoms with Crippen LogP contribution < -0.4 is 0 Å². The van der Waals surface area contributed by atoms with E-state index in [0.717, 1.165) is 19.4 Å². The topological polar surface area (TPSA) is 81.1 Å². The molecule has 3 rings (SSSR count). The molecule has 0 aromatic rings. The molecule has 2 aliphatic carbocycles. The number of aliphatic hydroxyl groups is 1. The van der Waals surface area contributed by atoms with Crippen molar-refractivity contribution in [1.82, 2.24) is 9.80 Å². The molecule has 0 spiro atoms. The number of aliphatic hydroxyl groups excluding tert-OH is 1. The third-order valence-corrected chi connectivity index (χ3v) is 4.19. The molecular weight excluding hydrogens is 248 g/mol. The summed E-state index contributed by atoms with van der Waals surface area (Å²) in [6.45, 7) is 0.895. The first-order valence-electron chi connectivity index (χ1n) is 7.04. The van der Waals surface area contributed by atoms with Crippen LogP contribution in [0.5, 0.6) is 0 Å². The van der Waals surface area contributed by atoms with Crippen molar-refractivity contribution in [3.05, 3.63) is 0 Å². The molecule has 1 saturated heterocycles. The number of rotatable bonds is 4. The van der Waals surface area contributed by atoms with Crippen molar-refractivity contribution in [1.29, 1.82) is 0 Å². The van der Waals surface area contributed by atoms with Gasteiger partial charge >= 0.3 is 12.0 Å². The molecule has 0 bridgehead atoms. The number of aliphatic carboxylic acids is 1. The van der Waals surface area contributed by atoms with Crippen molar-refractivity contribution >= 4 is 12.0 Å². The van der Waals surface area contributed by atoms with E-state index in [1.165, 1.54) is 17.7 Å². The molecule has 0 aromatic carbocycles. The Bertz CT molecular complexity index is 392. The molecule has 1 aliphatic heterocycles. The second-order valence-corrected chi connectivity index (χ2v) is 6.01. The van der Waals surface area contributed by atoms with Crippen LogP contribution >= 0.6 is 0 Å². The molecule has 0 aromatic heterocycles. The molecule has 2 amide bonds. The Morgan fingerprint density at radius 1 is 1.21 bits per heavy atom. The molecule has 6 heteroatoms. The zero-order chi connectivity index (χ0) is 13.6. The Hall–Kier alpha value is -1.30. The number of β-amino-alcohol motifs (C(OH)–C–C–N with tert-alkyl or cyclic N) is 1. The fraction of sp³-hybridized carbons (Fsp3) is 0.846. The first kappa shape index (κ1) is 12.7. The molecule has 106 valence electrons. The van der Waals surface area contributed by atoms with E-state index >= 15 is 0 Å². The monoisotopic (exact) mass is 268 g/mol. The van der Waals surface area contributed by atoms with E-state index in [-0.39, 0.29) is 19.0 Å². The summed E-state index contributed by atoms with van der Waals surface area (Å²) in [6, 6.07) is -0.776. The standard InChI is InChI=1S/C13H20N2O4/c16-10-5-11(12(17)18)15(7-10)13(19)14(9-3-4-9)6-8-1-2-8/h8-11,16H,1-7H2,(H,17,18)/t10-,11-/m1/s1. The quantitative estimate of drug-likeness (QED) is 0.778. The molecule has 2 N–H and O–H groups in total. The van der Waals surface area contributed by atoms with Crippen molar-refractivity contribution in [3.63, 3.8) is 0 Å². The summed E-state index contributed by atoms with van der Waals surface area (Å²) in [5.74, 6) is -0.424. The van der Waals surface area contributed by atoms with Gasteiger partial charge in [0.25, 0.3) is 0 Å². The van der Waals surface area contributed by atoms with Crippen molar-refractivity contribution in [2.45, 2.75) is 50.3 Å². The van der Waals surface area contributed by atoms with Crippen molar-refractivity contribution in [2.24, 2.45) is 5.92 Å². The predicted molar refractivity (Wildman–Crippen MR) is 66.6 cm³/mol. The number of carbonyl (C=O) groups excluding carboxylic acids is 1. The summed E-state index contributed by atoms with van der Waals surface area (Å²) in [4.78, 5) is 26.9. The maximum Gasteiger partial charge on any atom is 0.326 e. The number of amides is 2. The molecule has 2 atom stereocenters. The van der Waals surface area contributed by atoms with Gasteiger partial charge in [-0.2, -0.15) is 0 Å². The number of nitrogens with zero attached hydrogens (tertiary/aromatic N) is 2. The highest BCUT2D eigenvalue weighted by Gasteiger charge is 2.44. The largest absolute Gasteiger partial charge is 0.480 e. The molecule has 6 nitrogen and oxygen atoms in total. The normalized spacial score (nSPS) is 30.5. The number of carboxylic acids is 1. The van der Waals surface area contributed by atoms with Gasteiger partial charge in [0.15, 0.2) is 0 Å². The SMILES string of the molecule is O=C(O)[C@H]1C[C@@H](O)CN1C(=O)N(CC1CC1)C1CC1. The minimum atomic E-state index is -1.02. The number of urea groups is 1. The lowest BCUT2D eigenvalue weighted by molar-refractivity contribution is -0.141. The summed E-state index contributed by atoms with van der Waals surface area (Å²) < 4.78 is 0.